The summed E-state index contributed by atoms with van der Waals surface area (Å²) in [7, 11) is -9.90. The van der Waals surface area contributed by atoms with E-state index < -0.39 is 97.5 Å². The highest BCUT2D eigenvalue weighted by molar-refractivity contribution is 7.47. The van der Waals surface area contributed by atoms with Gasteiger partial charge in [0, 0.05) is 25.7 Å². The number of carbonyl (C=O) groups is 4. The second kappa shape index (κ2) is 58.8. The Balaban J connectivity index is 5.26. The first-order chi connectivity index (χ1) is 42.2. The Bertz CT molecular complexity index is 1750. The second-order valence-corrected chi connectivity index (χ2v) is 29.3. The molecule has 0 amide bonds. The van der Waals surface area contributed by atoms with Crippen molar-refractivity contribution >= 4 is 39.5 Å². The van der Waals surface area contributed by atoms with Crippen LogP contribution in [0.5, 0.6) is 0 Å². The Kier molecular flexibility index (Phi) is 57.6. The van der Waals surface area contributed by atoms with Gasteiger partial charge in [0.15, 0.2) is 12.2 Å². The van der Waals surface area contributed by atoms with Crippen molar-refractivity contribution in [3.05, 3.63) is 0 Å². The van der Waals surface area contributed by atoms with E-state index in [9.17, 15) is 43.2 Å². The Morgan fingerprint density at radius 2 is 0.545 bits per heavy atom. The SMILES string of the molecule is CCC(C)CCCCCCCCCCCCC(=O)OC[C@H](COP(=O)(O)OC[C@@H](O)COP(=O)(O)OC[C@@H](COC(=O)CCCCCCCCC(C)C)OC(=O)CCCCCCCCCCCCC(C)C)OC(=O)CCCCCCCCCCC(C)CC. The lowest BCUT2D eigenvalue weighted by atomic mass is 9.99. The van der Waals surface area contributed by atoms with Gasteiger partial charge in [0.05, 0.1) is 26.4 Å². The van der Waals surface area contributed by atoms with Crippen molar-refractivity contribution < 1.29 is 80.2 Å². The number of phosphoric ester groups is 2. The van der Waals surface area contributed by atoms with E-state index in [0.717, 1.165) is 114 Å². The standard InChI is InChI=1S/C69H134O17P2/c1-9-61(7)47-39-31-22-16-12-14-17-24-33-41-49-66(71)79-55-64(86-69(74)52-44-36-26-20-19-23-32-40-48-62(8)10-2)57-83-87(75,76)81-53-63(70)54-82-88(77,78)84-58-65(56-80-67(72)50-42-34-28-27-30-38-46-60(5)6)85-68(73)51-43-35-25-18-13-11-15-21-29-37-45-59(3)4/h59-65,70H,9-58H2,1-8H3,(H,75,76)(H,77,78)/t61?,62?,63-,64-,65-/m1/s1. The van der Waals surface area contributed by atoms with Gasteiger partial charge in [-0.05, 0) is 49.4 Å². The van der Waals surface area contributed by atoms with Gasteiger partial charge in [-0.15, -0.1) is 0 Å². The molecule has 0 fully saturated rings. The zero-order chi connectivity index (χ0) is 65.4. The molecule has 7 atom stereocenters. The Labute approximate surface area is 537 Å². The predicted molar refractivity (Wildman–Crippen MR) is 354 cm³/mol. The van der Waals surface area contributed by atoms with Crippen LogP contribution in [0.2, 0.25) is 0 Å². The number of esters is 4. The van der Waals surface area contributed by atoms with Gasteiger partial charge >= 0.3 is 39.5 Å². The number of aliphatic hydroxyl groups is 1. The Morgan fingerprint density at radius 3 is 0.807 bits per heavy atom. The zero-order valence-corrected chi connectivity index (χ0v) is 59.1. The summed E-state index contributed by atoms with van der Waals surface area (Å²) >= 11 is 0. The second-order valence-electron chi connectivity index (χ2n) is 26.4. The first-order valence-electron chi connectivity index (χ1n) is 35.8. The van der Waals surface area contributed by atoms with Crippen molar-refractivity contribution in [2.24, 2.45) is 23.7 Å². The van der Waals surface area contributed by atoms with E-state index >= 15 is 0 Å². The smallest absolute Gasteiger partial charge is 0.462 e. The van der Waals surface area contributed by atoms with Gasteiger partial charge in [-0.2, -0.15) is 0 Å². The van der Waals surface area contributed by atoms with E-state index in [2.05, 4.69) is 55.4 Å². The molecule has 0 radical (unpaired) electrons. The summed E-state index contributed by atoms with van der Waals surface area (Å²) in [6.45, 7) is 14.1. The zero-order valence-electron chi connectivity index (χ0n) is 57.3. The van der Waals surface area contributed by atoms with Crippen LogP contribution in [0, 0.1) is 23.7 Å². The number of phosphoric acid groups is 2. The summed E-state index contributed by atoms with van der Waals surface area (Å²) in [6.07, 6.45) is 40.3. The van der Waals surface area contributed by atoms with E-state index in [0.29, 0.717) is 31.6 Å². The highest BCUT2D eigenvalue weighted by Gasteiger charge is 2.30. The van der Waals surface area contributed by atoms with E-state index in [1.54, 1.807) is 0 Å². The molecular formula is C69H134O17P2. The first kappa shape index (κ1) is 86.1. The van der Waals surface area contributed by atoms with Crippen molar-refractivity contribution in [3.8, 4) is 0 Å². The van der Waals surface area contributed by atoms with Gasteiger partial charge in [0.1, 0.15) is 19.3 Å². The molecule has 0 aromatic heterocycles. The molecule has 0 aliphatic rings. The number of unbranched alkanes of at least 4 members (excludes halogenated alkanes) is 30. The Hall–Kier alpha value is -1.94. The molecule has 0 heterocycles. The molecule has 0 bridgehead atoms. The van der Waals surface area contributed by atoms with Gasteiger partial charge in [-0.25, -0.2) is 9.13 Å². The summed E-state index contributed by atoms with van der Waals surface area (Å²) < 4.78 is 68.2. The number of carbonyl (C=O) groups excluding carboxylic acids is 4. The molecule has 0 aliphatic heterocycles. The topological polar surface area (TPSA) is 237 Å². The van der Waals surface area contributed by atoms with Crippen molar-refractivity contribution in [1.82, 2.24) is 0 Å². The maximum absolute atomic E-state index is 13.0. The van der Waals surface area contributed by atoms with Gasteiger partial charge < -0.3 is 33.8 Å². The molecule has 0 aliphatic carbocycles. The summed E-state index contributed by atoms with van der Waals surface area (Å²) in [4.78, 5) is 72.5. The summed E-state index contributed by atoms with van der Waals surface area (Å²) in [5, 5.41) is 10.6. The van der Waals surface area contributed by atoms with Crippen molar-refractivity contribution in [3.63, 3.8) is 0 Å². The molecule has 0 spiro atoms. The summed E-state index contributed by atoms with van der Waals surface area (Å²) in [5.41, 5.74) is 0. The minimum absolute atomic E-state index is 0.104. The number of hydrogen-bond acceptors (Lipinski definition) is 15. The van der Waals surface area contributed by atoms with Crippen LogP contribution in [-0.2, 0) is 65.4 Å². The molecule has 88 heavy (non-hydrogen) atoms. The van der Waals surface area contributed by atoms with Crippen LogP contribution >= 0.6 is 15.6 Å². The molecular weight excluding hydrogens is 1160 g/mol. The Morgan fingerprint density at radius 1 is 0.318 bits per heavy atom. The highest BCUT2D eigenvalue weighted by atomic mass is 31.2. The maximum atomic E-state index is 13.0. The highest BCUT2D eigenvalue weighted by Crippen LogP contribution is 2.45. The average Bonchev–Trinajstić information content (AvgIpc) is 3.70. The molecule has 0 aromatic rings. The minimum atomic E-state index is -4.95. The van der Waals surface area contributed by atoms with Crippen molar-refractivity contribution in [2.75, 3.05) is 39.6 Å². The lowest BCUT2D eigenvalue weighted by Crippen LogP contribution is -2.30. The molecule has 4 unspecified atom stereocenters. The lowest BCUT2D eigenvalue weighted by Gasteiger charge is -2.21. The van der Waals surface area contributed by atoms with Crippen molar-refractivity contribution in [2.45, 2.75) is 356 Å². The van der Waals surface area contributed by atoms with Gasteiger partial charge in [-0.1, -0.05) is 287 Å². The third kappa shape index (κ3) is 60.3. The number of aliphatic hydroxyl groups excluding tert-OH is 1. The quantitative estimate of drug-likeness (QED) is 0.0222. The normalized spacial score (nSPS) is 14.9. The van der Waals surface area contributed by atoms with Crippen LogP contribution in [0.25, 0.3) is 0 Å². The lowest BCUT2D eigenvalue weighted by molar-refractivity contribution is -0.161. The van der Waals surface area contributed by atoms with Crippen LogP contribution in [0.3, 0.4) is 0 Å². The first-order valence-corrected chi connectivity index (χ1v) is 38.8. The predicted octanol–water partition coefficient (Wildman–Crippen LogP) is 19.3. The molecule has 3 N–H and O–H groups in total. The summed E-state index contributed by atoms with van der Waals surface area (Å²) in [6, 6.07) is 0. The van der Waals surface area contributed by atoms with Gasteiger partial charge in [-0.3, -0.25) is 37.3 Å². The monoisotopic (exact) mass is 1300 g/mol. The van der Waals surface area contributed by atoms with Crippen LogP contribution < -0.4 is 0 Å². The minimum Gasteiger partial charge on any atom is -0.462 e. The molecule has 0 aromatic carbocycles. The van der Waals surface area contributed by atoms with E-state index in [-0.39, 0.29) is 25.7 Å². The summed E-state index contributed by atoms with van der Waals surface area (Å²) in [5.74, 6) is 0.877. The molecule has 0 saturated heterocycles. The third-order valence-electron chi connectivity index (χ3n) is 16.5. The fourth-order valence-corrected chi connectivity index (χ4v) is 11.8. The molecule has 522 valence electrons. The number of rotatable bonds is 66. The van der Waals surface area contributed by atoms with Gasteiger partial charge in [0.25, 0.3) is 0 Å². The largest absolute Gasteiger partial charge is 0.472 e. The molecule has 17 nitrogen and oxygen atoms in total. The van der Waals surface area contributed by atoms with Crippen LogP contribution in [0.4, 0.5) is 0 Å². The van der Waals surface area contributed by atoms with Crippen molar-refractivity contribution in [1.29, 1.82) is 0 Å². The number of hydrogen-bond donors (Lipinski definition) is 3. The van der Waals surface area contributed by atoms with Crippen LogP contribution in [-0.4, -0.2) is 96.7 Å². The van der Waals surface area contributed by atoms with Gasteiger partial charge in [0.2, 0.25) is 0 Å². The van der Waals surface area contributed by atoms with E-state index in [1.165, 1.54) is 135 Å². The van der Waals surface area contributed by atoms with E-state index in [4.69, 9.17) is 37.0 Å². The fraction of sp³-hybridized carbons (Fsp3) is 0.942. The molecule has 0 saturated carbocycles. The average molecular weight is 1300 g/mol. The fourth-order valence-electron chi connectivity index (χ4n) is 10.2. The molecule has 0 rings (SSSR count). The third-order valence-corrected chi connectivity index (χ3v) is 18.4. The number of ether oxygens (including phenoxy) is 4. The van der Waals surface area contributed by atoms with Crippen LogP contribution in [0.1, 0.15) is 338 Å². The molecule has 19 heteroatoms. The maximum Gasteiger partial charge on any atom is 0.472 e. The van der Waals surface area contributed by atoms with Crippen LogP contribution in [0.15, 0.2) is 0 Å². The van der Waals surface area contributed by atoms with E-state index in [1.807, 2.05) is 0 Å².